The summed E-state index contributed by atoms with van der Waals surface area (Å²) in [5.74, 6) is 0.719. The number of nitriles is 1. The average Bonchev–Trinajstić information content (AvgIpc) is 2.46. The van der Waals surface area contributed by atoms with Crippen LogP contribution in [0.15, 0.2) is 24.3 Å². The highest BCUT2D eigenvalue weighted by Crippen LogP contribution is 2.21. The van der Waals surface area contributed by atoms with Gasteiger partial charge in [-0.3, -0.25) is 0 Å². The lowest BCUT2D eigenvalue weighted by molar-refractivity contribution is 0.376. The summed E-state index contributed by atoms with van der Waals surface area (Å²) in [5, 5.41) is 16.1. The lowest BCUT2D eigenvalue weighted by Crippen LogP contribution is -2.33. The minimum absolute atomic E-state index is 0.611. The number of benzene rings is 1. The fourth-order valence-corrected chi connectivity index (χ4v) is 3.03. The van der Waals surface area contributed by atoms with Crippen molar-refractivity contribution in [3.05, 3.63) is 29.8 Å². The first-order valence-corrected chi connectivity index (χ1v) is 8.24. The molecule has 1 fully saturated rings. The van der Waals surface area contributed by atoms with Gasteiger partial charge in [0, 0.05) is 6.54 Å². The van der Waals surface area contributed by atoms with Gasteiger partial charge < -0.3 is 10.6 Å². The van der Waals surface area contributed by atoms with Gasteiger partial charge in [0.15, 0.2) is 5.11 Å². The number of nitrogens with zero attached hydrogens (tertiary/aromatic N) is 1. The van der Waals surface area contributed by atoms with E-state index in [0.717, 1.165) is 18.2 Å². The van der Waals surface area contributed by atoms with Crippen LogP contribution in [-0.4, -0.2) is 11.7 Å². The van der Waals surface area contributed by atoms with E-state index in [0.29, 0.717) is 10.7 Å². The van der Waals surface area contributed by atoms with Gasteiger partial charge in [-0.15, -0.1) is 0 Å². The molecule has 0 amide bonds. The predicted molar refractivity (Wildman–Crippen MR) is 91.2 cm³/mol. The Labute approximate surface area is 132 Å². The second-order valence-corrected chi connectivity index (χ2v) is 6.11. The molecule has 2 N–H and O–H groups in total. The summed E-state index contributed by atoms with van der Waals surface area (Å²) in [6, 6.07) is 9.60. The molecule has 1 aromatic carbocycles. The number of rotatable bonds is 3. The summed E-state index contributed by atoms with van der Waals surface area (Å²) >= 11 is 5.34. The first kappa shape index (κ1) is 15.8. The Balaban J connectivity index is 1.80. The van der Waals surface area contributed by atoms with Gasteiger partial charge in [0.25, 0.3) is 0 Å². The molecule has 1 saturated carbocycles. The van der Waals surface area contributed by atoms with Crippen molar-refractivity contribution in [2.24, 2.45) is 5.92 Å². The maximum atomic E-state index is 9.07. The van der Waals surface area contributed by atoms with Crippen LogP contribution in [-0.2, 0) is 0 Å². The average molecular weight is 301 g/mol. The molecule has 0 saturated heterocycles. The quantitative estimate of drug-likeness (QED) is 0.821. The zero-order valence-corrected chi connectivity index (χ0v) is 13.2. The number of nitrogens with one attached hydrogen (secondary N) is 2. The van der Waals surface area contributed by atoms with Gasteiger partial charge >= 0.3 is 0 Å². The maximum absolute atomic E-state index is 9.07. The highest BCUT2D eigenvalue weighted by atomic mass is 32.1. The SMILES string of the molecule is N#Cc1ccccc1NC(=S)NCC1CCCCCCC1. The van der Waals surface area contributed by atoms with Crippen molar-refractivity contribution in [1.29, 1.82) is 5.26 Å². The molecule has 0 unspecified atom stereocenters. The van der Waals surface area contributed by atoms with Crippen LogP contribution in [0.2, 0.25) is 0 Å². The van der Waals surface area contributed by atoms with E-state index in [4.69, 9.17) is 17.5 Å². The predicted octanol–water partition coefficient (Wildman–Crippen LogP) is 4.21. The molecular formula is C17H23N3S. The van der Waals surface area contributed by atoms with Crippen molar-refractivity contribution in [3.63, 3.8) is 0 Å². The first-order chi connectivity index (χ1) is 10.3. The van der Waals surface area contributed by atoms with E-state index in [1.807, 2.05) is 18.2 Å². The van der Waals surface area contributed by atoms with Crippen LogP contribution < -0.4 is 10.6 Å². The topological polar surface area (TPSA) is 47.9 Å². The molecule has 0 aromatic heterocycles. The molecule has 4 heteroatoms. The van der Waals surface area contributed by atoms with Crippen LogP contribution in [0, 0.1) is 17.2 Å². The number of hydrogen-bond donors (Lipinski definition) is 2. The standard InChI is InChI=1S/C17H23N3S/c18-12-15-10-6-7-11-16(15)20-17(21)19-13-14-8-4-2-1-3-5-9-14/h6-7,10-11,14H,1-5,8-9,13H2,(H2,19,20,21). The Hall–Kier alpha value is -1.60. The molecule has 0 spiro atoms. The van der Waals surface area contributed by atoms with Crippen LogP contribution in [0.25, 0.3) is 0 Å². The summed E-state index contributed by atoms with van der Waals surface area (Å²) in [4.78, 5) is 0. The van der Waals surface area contributed by atoms with Crippen LogP contribution in [0.1, 0.15) is 50.5 Å². The van der Waals surface area contributed by atoms with E-state index in [-0.39, 0.29) is 0 Å². The fraction of sp³-hybridized carbons (Fsp3) is 0.529. The van der Waals surface area contributed by atoms with Gasteiger partial charge in [0.05, 0.1) is 11.3 Å². The van der Waals surface area contributed by atoms with Crippen molar-refractivity contribution in [1.82, 2.24) is 5.32 Å². The molecule has 3 nitrogen and oxygen atoms in total. The summed E-state index contributed by atoms with van der Waals surface area (Å²) in [5.41, 5.74) is 1.39. The lowest BCUT2D eigenvalue weighted by atomic mass is 9.91. The van der Waals surface area contributed by atoms with Crippen LogP contribution in [0.5, 0.6) is 0 Å². The minimum Gasteiger partial charge on any atom is -0.362 e. The van der Waals surface area contributed by atoms with Gasteiger partial charge in [-0.25, -0.2) is 0 Å². The third kappa shape index (κ3) is 5.35. The lowest BCUT2D eigenvalue weighted by Gasteiger charge is -2.21. The first-order valence-electron chi connectivity index (χ1n) is 7.83. The second-order valence-electron chi connectivity index (χ2n) is 5.70. The van der Waals surface area contributed by atoms with Crippen LogP contribution in [0.4, 0.5) is 5.69 Å². The number of anilines is 1. The normalized spacial score (nSPS) is 16.3. The van der Waals surface area contributed by atoms with Gasteiger partial charge in [0.2, 0.25) is 0 Å². The Morgan fingerprint density at radius 2 is 1.81 bits per heavy atom. The van der Waals surface area contributed by atoms with Crippen LogP contribution >= 0.6 is 12.2 Å². The molecule has 21 heavy (non-hydrogen) atoms. The molecule has 0 bridgehead atoms. The largest absolute Gasteiger partial charge is 0.362 e. The van der Waals surface area contributed by atoms with Gasteiger partial charge in [0.1, 0.15) is 6.07 Å². The number of thiocarbonyl (C=S) groups is 1. The molecule has 1 aliphatic rings. The van der Waals surface area contributed by atoms with Gasteiger partial charge in [-0.05, 0) is 43.1 Å². The molecule has 1 aliphatic carbocycles. The van der Waals surface area contributed by atoms with Gasteiger partial charge in [-0.2, -0.15) is 5.26 Å². The Bertz CT molecular complexity index is 499. The molecule has 0 atom stereocenters. The number of para-hydroxylation sites is 1. The van der Waals surface area contributed by atoms with E-state index >= 15 is 0 Å². The third-order valence-corrected chi connectivity index (χ3v) is 4.32. The van der Waals surface area contributed by atoms with E-state index in [2.05, 4.69) is 16.7 Å². The maximum Gasteiger partial charge on any atom is 0.170 e. The summed E-state index contributed by atoms with van der Waals surface area (Å²) in [6.45, 7) is 0.931. The molecule has 0 aliphatic heterocycles. The monoisotopic (exact) mass is 301 g/mol. The van der Waals surface area contributed by atoms with E-state index in [9.17, 15) is 0 Å². The minimum atomic E-state index is 0.611. The summed E-state index contributed by atoms with van der Waals surface area (Å²) < 4.78 is 0. The smallest absolute Gasteiger partial charge is 0.170 e. The fourth-order valence-electron chi connectivity index (χ4n) is 2.84. The van der Waals surface area contributed by atoms with E-state index < -0.39 is 0 Å². The second kappa shape index (κ2) is 8.63. The van der Waals surface area contributed by atoms with E-state index in [1.165, 1.54) is 44.9 Å². The van der Waals surface area contributed by atoms with Gasteiger partial charge in [-0.1, -0.05) is 44.2 Å². The Morgan fingerprint density at radius 3 is 2.52 bits per heavy atom. The molecular weight excluding hydrogens is 278 g/mol. The summed E-state index contributed by atoms with van der Waals surface area (Å²) in [6.07, 6.45) is 9.40. The summed E-state index contributed by atoms with van der Waals surface area (Å²) in [7, 11) is 0. The Kier molecular flexibility index (Phi) is 6.49. The van der Waals surface area contributed by atoms with Crippen molar-refractivity contribution < 1.29 is 0 Å². The molecule has 0 heterocycles. The van der Waals surface area contributed by atoms with Crippen molar-refractivity contribution in [2.75, 3.05) is 11.9 Å². The van der Waals surface area contributed by atoms with Crippen molar-refractivity contribution in [3.8, 4) is 6.07 Å². The molecule has 0 radical (unpaired) electrons. The highest BCUT2D eigenvalue weighted by molar-refractivity contribution is 7.80. The van der Waals surface area contributed by atoms with Crippen LogP contribution in [0.3, 0.4) is 0 Å². The highest BCUT2D eigenvalue weighted by Gasteiger charge is 2.12. The van der Waals surface area contributed by atoms with Crippen molar-refractivity contribution >= 4 is 23.0 Å². The zero-order chi connectivity index (χ0) is 14.9. The Morgan fingerprint density at radius 1 is 1.14 bits per heavy atom. The zero-order valence-electron chi connectivity index (χ0n) is 12.4. The van der Waals surface area contributed by atoms with E-state index in [1.54, 1.807) is 6.07 Å². The molecule has 1 aromatic rings. The molecule has 112 valence electrons. The third-order valence-electron chi connectivity index (χ3n) is 4.07. The molecule has 2 rings (SSSR count). The van der Waals surface area contributed by atoms with Crippen molar-refractivity contribution in [2.45, 2.75) is 44.9 Å². The number of hydrogen-bond acceptors (Lipinski definition) is 2.